The van der Waals surface area contributed by atoms with E-state index in [1.54, 1.807) is 24.5 Å². The molecule has 1 N–H and O–H groups in total. The Labute approximate surface area is 298 Å². The molecule has 0 saturated carbocycles. The highest BCUT2D eigenvalue weighted by atomic mass is 32.2. The third-order valence-electron chi connectivity index (χ3n) is 8.07. The number of methoxy groups -OCH3 is 2. The second-order valence-electron chi connectivity index (χ2n) is 11.7. The Morgan fingerprint density at radius 2 is 1.47 bits per heavy atom. The fourth-order valence-electron chi connectivity index (χ4n) is 6.21. The topological polar surface area (TPSA) is 188 Å². The summed E-state index contributed by atoms with van der Waals surface area (Å²) in [5, 5.41) is 2.95. The van der Waals surface area contributed by atoms with Gasteiger partial charge >= 0.3 is 23.9 Å². The first kappa shape index (κ1) is 39.0. The van der Waals surface area contributed by atoms with Crippen LogP contribution in [0.1, 0.15) is 58.2 Å². The standard InChI is InChI=1S/C35H41NO14S/c1-16(37)36-24-11-9-21-13-26(30(43-6)32(44-7)29(21)22-10-12-28(51-8)25(42)14-23(22)24)49-35-34(48-20(5)41)33(47-19(4)40)31(46-18(3)39)27(50-35)15-45-17(2)38/h10,12-14,24,27,31,33-35H,9,11,15H2,1-8H3,(H,36,37)/t24-,27+,31+,33-,34-,35+/m0/s1. The van der Waals surface area contributed by atoms with Gasteiger partial charge in [0, 0.05) is 40.2 Å². The molecule has 1 fully saturated rings. The second kappa shape index (κ2) is 16.9. The first-order chi connectivity index (χ1) is 24.2. The largest absolute Gasteiger partial charge is 0.492 e. The van der Waals surface area contributed by atoms with Crippen molar-refractivity contribution in [3.05, 3.63) is 45.6 Å². The molecule has 51 heavy (non-hydrogen) atoms. The molecule has 2 aliphatic rings. The zero-order chi connectivity index (χ0) is 37.6. The van der Waals surface area contributed by atoms with Crippen LogP contribution in [0.3, 0.4) is 0 Å². The van der Waals surface area contributed by atoms with Crippen LogP contribution in [0.4, 0.5) is 0 Å². The smallest absolute Gasteiger partial charge is 0.303 e. The van der Waals surface area contributed by atoms with Crippen LogP contribution >= 0.6 is 11.8 Å². The number of carbonyl (C=O) groups is 5. The number of ether oxygens (including phenoxy) is 8. The van der Waals surface area contributed by atoms with Crippen molar-refractivity contribution < 1.29 is 61.9 Å². The van der Waals surface area contributed by atoms with E-state index in [-0.39, 0.29) is 28.6 Å². The number of rotatable bonds is 11. The van der Waals surface area contributed by atoms with E-state index in [4.69, 9.17) is 37.9 Å². The predicted molar refractivity (Wildman–Crippen MR) is 180 cm³/mol. The molecule has 0 spiro atoms. The third-order valence-corrected chi connectivity index (χ3v) is 8.85. The molecule has 0 aromatic heterocycles. The van der Waals surface area contributed by atoms with Crippen LogP contribution < -0.4 is 25.0 Å². The lowest BCUT2D eigenvalue weighted by Crippen LogP contribution is -2.63. The van der Waals surface area contributed by atoms with Gasteiger partial charge in [0.2, 0.25) is 24.1 Å². The number of nitrogens with one attached hydrogen (secondary N) is 1. The zero-order valence-electron chi connectivity index (χ0n) is 29.5. The molecule has 1 aliphatic heterocycles. The minimum atomic E-state index is -1.54. The van der Waals surface area contributed by atoms with E-state index in [0.29, 0.717) is 40.0 Å². The molecule has 15 nitrogen and oxygen atoms in total. The average Bonchev–Trinajstić information content (AvgIpc) is 3.29. The van der Waals surface area contributed by atoms with Crippen LogP contribution in [0.5, 0.6) is 17.2 Å². The molecule has 6 atom stereocenters. The van der Waals surface area contributed by atoms with Crippen LogP contribution in [0, 0.1) is 0 Å². The highest BCUT2D eigenvalue weighted by Crippen LogP contribution is 2.51. The zero-order valence-corrected chi connectivity index (χ0v) is 30.3. The Morgan fingerprint density at radius 3 is 2.04 bits per heavy atom. The maximum absolute atomic E-state index is 13.2. The van der Waals surface area contributed by atoms with Crippen molar-refractivity contribution in [3.63, 3.8) is 0 Å². The number of esters is 4. The van der Waals surface area contributed by atoms with Gasteiger partial charge in [-0.3, -0.25) is 28.8 Å². The van der Waals surface area contributed by atoms with Gasteiger partial charge in [0.1, 0.15) is 12.7 Å². The quantitative estimate of drug-likeness (QED) is 0.202. The second-order valence-corrected chi connectivity index (χ2v) is 12.6. The van der Waals surface area contributed by atoms with Gasteiger partial charge in [0.15, 0.2) is 29.1 Å². The highest BCUT2D eigenvalue weighted by Gasteiger charge is 2.53. The number of hydrogen-bond acceptors (Lipinski definition) is 15. The van der Waals surface area contributed by atoms with Crippen LogP contribution in [-0.4, -0.2) is 87.6 Å². The van der Waals surface area contributed by atoms with Crippen LogP contribution in [-0.2, 0) is 54.1 Å². The van der Waals surface area contributed by atoms with Gasteiger partial charge in [0.25, 0.3) is 0 Å². The number of amides is 1. The van der Waals surface area contributed by atoms with E-state index in [2.05, 4.69) is 5.32 Å². The van der Waals surface area contributed by atoms with Crippen molar-refractivity contribution in [3.8, 4) is 28.4 Å². The van der Waals surface area contributed by atoms with Crippen molar-refractivity contribution in [1.82, 2.24) is 5.32 Å². The lowest BCUT2D eigenvalue weighted by Gasteiger charge is -2.44. The highest BCUT2D eigenvalue weighted by molar-refractivity contribution is 7.98. The minimum absolute atomic E-state index is 0.0585. The summed E-state index contributed by atoms with van der Waals surface area (Å²) in [5.41, 5.74) is 2.27. The average molecular weight is 732 g/mol. The van der Waals surface area contributed by atoms with Crippen LogP contribution in [0.2, 0.25) is 0 Å². The first-order valence-electron chi connectivity index (χ1n) is 15.9. The van der Waals surface area contributed by atoms with Crippen molar-refractivity contribution in [1.29, 1.82) is 0 Å². The lowest BCUT2D eigenvalue weighted by molar-refractivity contribution is -0.288. The SMILES string of the molecule is COc1c(O[C@@H]2O[C@H](COC(C)=O)[C@@H](OC(C)=O)[C@H](OC(C)=O)[C@@H]2OC(C)=O)cc2c(c1OC)-c1ccc(SC)c(=O)cc1[C@@H](NC(C)=O)CC2. The van der Waals surface area contributed by atoms with E-state index in [9.17, 15) is 28.8 Å². The predicted octanol–water partition coefficient (Wildman–Crippen LogP) is 3.04. The monoisotopic (exact) mass is 731 g/mol. The third kappa shape index (κ3) is 9.10. The van der Waals surface area contributed by atoms with Crippen molar-refractivity contribution >= 4 is 41.5 Å². The summed E-state index contributed by atoms with van der Waals surface area (Å²) < 4.78 is 46.1. The Hall–Kier alpha value is -4.83. The number of benzene rings is 1. The van der Waals surface area contributed by atoms with Crippen LogP contribution in [0.25, 0.3) is 11.1 Å². The lowest BCUT2D eigenvalue weighted by atomic mass is 9.95. The van der Waals surface area contributed by atoms with Gasteiger partial charge in [-0.1, -0.05) is 6.07 Å². The van der Waals surface area contributed by atoms with Gasteiger partial charge in [-0.2, -0.15) is 0 Å². The normalized spacial score (nSPS) is 22.1. The van der Waals surface area contributed by atoms with Gasteiger partial charge in [-0.05, 0) is 54.0 Å². The number of aryl methyl sites for hydroxylation is 1. The number of hydrogen-bond donors (Lipinski definition) is 1. The molecule has 0 bridgehead atoms. The molecule has 1 saturated heterocycles. The molecular formula is C35H41NO14S. The summed E-state index contributed by atoms with van der Waals surface area (Å²) in [6, 6.07) is 6.17. The Balaban J connectivity index is 1.92. The summed E-state index contributed by atoms with van der Waals surface area (Å²) in [6.45, 7) is 5.49. The summed E-state index contributed by atoms with van der Waals surface area (Å²) in [4.78, 5) is 74.6. The first-order valence-corrected chi connectivity index (χ1v) is 17.2. The Morgan fingerprint density at radius 1 is 0.843 bits per heavy atom. The van der Waals surface area contributed by atoms with Gasteiger partial charge in [0.05, 0.1) is 25.2 Å². The fraction of sp³-hybridized carbons (Fsp3) is 0.486. The van der Waals surface area contributed by atoms with E-state index >= 15 is 0 Å². The maximum Gasteiger partial charge on any atom is 0.303 e. The van der Waals surface area contributed by atoms with E-state index in [0.717, 1.165) is 20.8 Å². The van der Waals surface area contributed by atoms with E-state index < -0.39 is 67.2 Å². The van der Waals surface area contributed by atoms with Crippen LogP contribution in [0.15, 0.2) is 34.0 Å². The molecule has 0 radical (unpaired) electrons. The molecular weight excluding hydrogens is 690 g/mol. The molecule has 4 rings (SSSR count). The number of carbonyl (C=O) groups excluding carboxylic acids is 5. The number of thioether (sulfide) groups is 1. The molecule has 1 aliphatic carbocycles. The summed E-state index contributed by atoms with van der Waals surface area (Å²) in [7, 11) is 2.82. The molecule has 16 heteroatoms. The fourth-order valence-corrected chi connectivity index (χ4v) is 6.67. The number of fused-ring (bicyclic) bond motifs is 3. The molecule has 1 amide bonds. The maximum atomic E-state index is 13.2. The van der Waals surface area contributed by atoms with Gasteiger partial charge in [-0.25, -0.2) is 0 Å². The van der Waals surface area contributed by atoms with Gasteiger partial charge < -0.3 is 43.2 Å². The molecule has 276 valence electrons. The Bertz CT molecular complexity index is 1750. The summed E-state index contributed by atoms with van der Waals surface area (Å²) in [5.74, 6) is -2.93. The van der Waals surface area contributed by atoms with Gasteiger partial charge in [-0.15, -0.1) is 11.8 Å². The minimum Gasteiger partial charge on any atom is -0.492 e. The van der Waals surface area contributed by atoms with E-state index in [1.165, 1.54) is 45.9 Å². The van der Waals surface area contributed by atoms with E-state index in [1.807, 2.05) is 0 Å². The Kier molecular flexibility index (Phi) is 12.9. The molecule has 2 aromatic carbocycles. The summed E-state index contributed by atoms with van der Waals surface area (Å²) >= 11 is 1.29. The van der Waals surface area contributed by atoms with Crippen molar-refractivity contribution in [2.75, 3.05) is 27.1 Å². The molecule has 1 heterocycles. The van der Waals surface area contributed by atoms with Crippen molar-refractivity contribution in [2.24, 2.45) is 0 Å². The molecule has 2 aromatic rings. The van der Waals surface area contributed by atoms with Crippen molar-refractivity contribution in [2.45, 2.75) is 89.1 Å². The molecule has 0 unspecified atom stereocenters. The summed E-state index contributed by atoms with van der Waals surface area (Å²) in [6.07, 6.45) is -4.56.